The lowest BCUT2D eigenvalue weighted by atomic mass is 9.93. The van der Waals surface area contributed by atoms with Crippen molar-refractivity contribution in [2.24, 2.45) is 0 Å². The van der Waals surface area contributed by atoms with Crippen molar-refractivity contribution in [1.29, 1.82) is 0 Å². The molecular weight excluding hydrogens is 362 g/mol. The van der Waals surface area contributed by atoms with E-state index in [1.54, 1.807) is 19.5 Å². The minimum absolute atomic E-state index is 0.171. The number of hydrogen-bond donors (Lipinski definition) is 0. The first-order chi connectivity index (χ1) is 14.2. The van der Waals surface area contributed by atoms with E-state index in [-0.39, 0.29) is 11.8 Å². The standard InChI is InChI=1S/C24H25N3O2/c1-29-21-7-2-5-19(16-21)22-8-3-9-23(26-22)20-6-4-14-27(17-20)24(28)15-18-10-12-25-13-11-18/h2-3,5,7-13,16,20H,4,6,14-15,17H2,1H3/t20-/m1/s1. The number of carbonyl (C=O) groups excluding carboxylic acids is 1. The minimum atomic E-state index is 0.171. The summed E-state index contributed by atoms with van der Waals surface area (Å²) in [5, 5.41) is 0. The monoisotopic (exact) mass is 387 g/mol. The van der Waals surface area contributed by atoms with E-state index in [2.05, 4.69) is 17.1 Å². The summed E-state index contributed by atoms with van der Waals surface area (Å²) in [6.45, 7) is 1.54. The molecule has 1 aliphatic heterocycles. The van der Waals surface area contributed by atoms with Crippen molar-refractivity contribution in [1.82, 2.24) is 14.9 Å². The highest BCUT2D eigenvalue weighted by molar-refractivity contribution is 5.79. The molecule has 0 aliphatic carbocycles. The largest absolute Gasteiger partial charge is 0.497 e. The molecule has 148 valence electrons. The van der Waals surface area contributed by atoms with E-state index in [1.165, 1.54) is 0 Å². The molecule has 1 saturated heterocycles. The lowest BCUT2D eigenvalue weighted by Crippen LogP contribution is -2.40. The molecule has 29 heavy (non-hydrogen) atoms. The lowest BCUT2D eigenvalue weighted by Gasteiger charge is -2.32. The fourth-order valence-corrected chi connectivity index (χ4v) is 3.85. The Kier molecular flexibility index (Phi) is 5.84. The molecule has 1 fully saturated rings. The summed E-state index contributed by atoms with van der Waals surface area (Å²) in [6, 6.07) is 17.9. The first-order valence-electron chi connectivity index (χ1n) is 10.0. The molecule has 1 atom stereocenters. The normalized spacial score (nSPS) is 16.4. The maximum atomic E-state index is 12.8. The number of nitrogens with zero attached hydrogens (tertiary/aromatic N) is 3. The summed E-state index contributed by atoms with van der Waals surface area (Å²) in [5.74, 6) is 1.25. The molecule has 1 aromatic carbocycles. The number of piperidine rings is 1. The van der Waals surface area contributed by atoms with E-state index < -0.39 is 0 Å². The molecule has 5 heteroatoms. The predicted molar refractivity (Wildman–Crippen MR) is 113 cm³/mol. The number of likely N-dealkylation sites (tertiary alicyclic amines) is 1. The van der Waals surface area contributed by atoms with Gasteiger partial charge < -0.3 is 9.64 Å². The SMILES string of the molecule is COc1cccc(-c2cccc([C@@H]3CCCN(C(=O)Cc4ccncc4)C3)n2)c1. The number of rotatable bonds is 5. The van der Waals surface area contributed by atoms with Crippen molar-refractivity contribution in [3.63, 3.8) is 0 Å². The van der Waals surface area contributed by atoms with Gasteiger partial charge in [0.25, 0.3) is 0 Å². The van der Waals surface area contributed by atoms with Gasteiger partial charge in [-0.2, -0.15) is 0 Å². The molecule has 4 rings (SSSR count). The molecule has 0 radical (unpaired) electrons. The molecule has 1 amide bonds. The van der Waals surface area contributed by atoms with Gasteiger partial charge in [-0.25, -0.2) is 0 Å². The minimum Gasteiger partial charge on any atom is -0.497 e. The van der Waals surface area contributed by atoms with Crippen molar-refractivity contribution >= 4 is 5.91 Å². The van der Waals surface area contributed by atoms with Crippen LogP contribution in [0.4, 0.5) is 0 Å². The van der Waals surface area contributed by atoms with Gasteiger partial charge >= 0.3 is 0 Å². The fraction of sp³-hybridized carbons (Fsp3) is 0.292. The second-order valence-corrected chi connectivity index (χ2v) is 7.39. The summed E-state index contributed by atoms with van der Waals surface area (Å²) in [7, 11) is 1.67. The first-order valence-corrected chi connectivity index (χ1v) is 10.0. The molecule has 0 spiro atoms. The molecule has 0 unspecified atom stereocenters. The summed E-state index contributed by atoms with van der Waals surface area (Å²) >= 11 is 0. The Morgan fingerprint density at radius 1 is 1.14 bits per heavy atom. The third-order valence-corrected chi connectivity index (χ3v) is 5.43. The van der Waals surface area contributed by atoms with Crippen LogP contribution in [0.15, 0.2) is 67.0 Å². The van der Waals surface area contributed by atoms with Crippen molar-refractivity contribution in [2.45, 2.75) is 25.2 Å². The molecule has 3 aromatic rings. The predicted octanol–water partition coefficient (Wildman–Crippen LogP) is 4.10. The van der Waals surface area contributed by atoms with Crippen LogP contribution in [0.2, 0.25) is 0 Å². The molecule has 2 aromatic heterocycles. The van der Waals surface area contributed by atoms with E-state index in [1.807, 2.05) is 47.4 Å². The maximum Gasteiger partial charge on any atom is 0.227 e. The first kappa shape index (κ1) is 19.1. The molecule has 3 heterocycles. The summed E-state index contributed by atoms with van der Waals surface area (Å²) in [4.78, 5) is 23.7. The van der Waals surface area contributed by atoms with Crippen LogP contribution in [0.3, 0.4) is 0 Å². The van der Waals surface area contributed by atoms with Gasteiger partial charge in [0.15, 0.2) is 0 Å². The van der Waals surface area contributed by atoms with Crippen molar-refractivity contribution in [3.05, 3.63) is 78.2 Å². The number of benzene rings is 1. The smallest absolute Gasteiger partial charge is 0.227 e. The third-order valence-electron chi connectivity index (χ3n) is 5.43. The Morgan fingerprint density at radius 3 is 2.79 bits per heavy atom. The fourth-order valence-electron chi connectivity index (χ4n) is 3.85. The number of pyridine rings is 2. The van der Waals surface area contributed by atoms with Gasteiger partial charge in [-0.1, -0.05) is 18.2 Å². The number of aromatic nitrogens is 2. The van der Waals surface area contributed by atoms with Crippen LogP contribution < -0.4 is 4.74 Å². The van der Waals surface area contributed by atoms with Crippen molar-refractivity contribution in [2.75, 3.05) is 20.2 Å². The van der Waals surface area contributed by atoms with Gasteiger partial charge in [0.05, 0.1) is 19.2 Å². The zero-order valence-electron chi connectivity index (χ0n) is 16.6. The Balaban J connectivity index is 1.49. The number of methoxy groups -OCH3 is 1. The van der Waals surface area contributed by atoms with Gasteiger partial charge in [0, 0.05) is 42.7 Å². The van der Waals surface area contributed by atoms with Crippen LogP contribution in [-0.4, -0.2) is 41.0 Å². The van der Waals surface area contributed by atoms with Gasteiger partial charge in [-0.05, 0) is 54.8 Å². The maximum absolute atomic E-state index is 12.8. The molecule has 5 nitrogen and oxygen atoms in total. The van der Waals surface area contributed by atoms with Gasteiger partial charge in [0.2, 0.25) is 5.91 Å². The Morgan fingerprint density at radius 2 is 1.97 bits per heavy atom. The topological polar surface area (TPSA) is 55.3 Å². The van der Waals surface area contributed by atoms with E-state index in [4.69, 9.17) is 9.72 Å². The van der Waals surface area contributed by atoms with Crippen molar-refractivity contribution < 1.29 is 9.53 Å². The quantitative estimate of drug-likeness (QED) is 0.661. The highest BCUT2D eigenvalue weighted by Crippen LogP contribution is 2.29. The van der Waals surface area contributed by atoms with Gasteiger partial charge in [0.1, 0.15) is 5.75 Å². The zero-order valence-corrected chi connectivity index (χ0v) is 16.6. The van der Waals surface area contributed by atoms with Crippen LogP contribution in [0.1, 0.15) is 30.0 Å². The lowest BCUT2D eigenvalue weighted by molar-refractivity contribution is -0.131. The number of amides is 1. The van der Waals surface area contributed by atoms with E-state index in [0.29, 0.717) is 6.42 Å². The summed E-state index contributed by atoms with van der Waals surface area (Å²) < 4.78 is 5.34. The Bertz CT molecular complexity index is 975. The Hall–Kier alpha value is -3.21. The van der Waals surface area contributed by atoms with Crippen LogP contribution in [0.25, 0.3) is 11.3 Å². The molecular formula is C24H25N3O2. The summed E-state index contributed by atoms with van der Waals surface area (Å²) in [5.41, 5.74) is 4.02. The van der Waals surface area contributed by atoms with Crippen LogP contribution in [0.5, 0.6) is 5.75 Å². The highest BCUT2D eigenvalue weighted by Gasteiger charge is 2.25. The second kappa shape index (κ2) is 8.86. The zero-order chi connectivity index (χ0) is 20.1. The van der Waals surface area contributed by atoms with Crippen LogP contribution >= 0.6 is 0 Å². The molecule has 0 N–H and O–H groups in total. The highest BCUT2D eigenvalue weighted by atomic mass is 16.5. The average molecular weight is 387 g/mol. The Labute approximate surface area is 171 Å². The van der Waals surface area contributed by atoms with Gasteiger partial charge in [-0.15, -0.1) is 0 Å². The van der Waals surface area contributed by atoms with Crippen LogP contribution in [0, 0.1) is 0 Å². The van der Waals surface area contributed by atoms with Crippen LogP contribution in [-0.2, 0) is 11.2 Å². The van der Waals surface area contributed by atoms with E-state index in [0.717, 1.165) is 54.2 Å². The van der Waals surface area contributed by atoms with E-state index in [9.17, 15) is 4.79 Å². The van der Waals surface area contributed by atoms with E-state index >= 15 is 0 Å². The van der Waals surface area contributed by atoms with Gasteiger partial charge in [-0.3, -0.25) is 14.8 Å². The summed E-state index contributed by atoms with van der Waals surface area (Å²) in [6.07, 6.45) is 5.93. The molecule has 0 saturated carbocycles. The molecule has 1 aliphatic rings. The third kappa shape index (κ3) is 4.62. The second-order valence-electron chi connectivity index (χ2n) is 7.39. The number of ether oxygens (including phenoxy) is 1. The average Bonchev–Trinajstić information content (AvgIpc) is 2.80. The van der Waals surface area contributed by atoms with Crippen molar-refractivity contribution in [3.8, 4) is 17.0 Å². The molecule has 0 bridgehead atoms. The number of hydrogen-bond acceptors (Lipinski definition) is 4. The number of carbonyl (C=O) groups is 1.